The van der Waals surface area contributed by atoms with Crippen LogP contribution in [0.25, 0.3) is 0 Å². The number of rotatable bonds is 6. The van der Waals surface area contributed by atoms with Gasteiger partial charge in [0.25, 0.3) is 0 Å². The zero-order chi connectivity index (χ0) is 16.0. The molecule has 0 aromatic rings. The molecule has 1 unspecified atom stereocenters. The van der Waals surface area contributed by atoms with Crippen LogP contribution in [-0.4, -0.2) is 46.9 Å². The average molecular weight is 298 g/mol. The third-order valence-corrected chi connectivity index (χ3v) is 3.72. The molecule has 6 heteroatoms. The second-order valence-electron chi connectivity index (χ2n) is 6.23. The second-order valence-corrected chi connectivity index (χ2v) is 6.23. The summed E-state index contributed by atoms with van der Waals surface area (Å²) in [6, 6.07) is 0.0886. The van der Waals surface area contributed by atoms with Crippen LogP contribution in [0.15, 0.2) is 0 Å². The standard InChI is InChI=1S/C15H26N2O4/c1-10(2)15(21)17-6-4-12(5-7-17)16-13(18)8-11(3)9-14(19)20/h10-12H,4-9H2,1-3H3,(H,16,18)(H,19,20). The zero-order valence-corrected chi connectivity index (χ0v) is 13.1. The number of piperidine rings is 1. The number of hydrogen-bond donors (Lipinski definition) is 2. The van der Waals surface area contributed by atoms with Crippen LogP contribution in [-0.2, 0) is 14.4 Å². The van der Waals surface area contributed by atoms with E-state index in [2.05, 4.69) is 5.32 Å². The third kappa shape index (κ3) is 6.14. The summed E-state index contributed by atoms with van der Waals surface area (Å²) in [6.45, 7) is 6.89. The molecule has 0 bridgehead atoms. The van der Waals surface area contributed by atoms with Crippen molar-refractivity contribution < 1.29 is 19.5 Å². The van der Waals surface area contributed by atoms with Crippen LogP contribution in [0, 0.1) is 11.8 Å². The molecule has 0 aromatic carbocycles. The first-order valence-electron chi connectivity index (χ1n) is 7.59. The molecule has 1 fully saturated rings. The topological polar surface area (TPSA) is 86.7 Å². The van der Waals surface area contributed by atoms with Gasteiger partial charge in [0.05, 0.1) is 0 Å². The van der Waals surface area contributed by atoms with E-state index in [1.54, 1.807) is 6.92 Å². The number of hydrogen-bond acceptors (Lipinski definition) is 3. The molecule has 0 aliphatic carbocycles. The molecule has 1 atom stereocenters. The Labute approximate surface area is 125 Å². The molecule has 1 saturated heterocycles. The van der Waals surface area contributed by atoms with E-state index in [9.17, 15) is 14.4 Å². The highest BCUT2D eigenvalue weighted by molar-refractivity contribution is 5.79. The van der Waals surface area contributed by atoms with Crippen LogP contribution in [0.4, 0.5) is 0 Å². The lowest BCUT2D eigenvalue weighted by Gasteiger charge is -2.33. The van der Waals surface area contributed by atoms with E-state index >= 15 is 0 Å². The summed E-state index contributed by atoms with van der Waals surface area (Å²) in [4.78, 5) is 36.1. The number of likely N-dealkylation sites (tertiary alicyclic amines) is 1. The van der Waals surface area contributed by atoms with Gasteiger partial charge in [0.15, 0.2) is 0 Å². The molecule has 2 amide bonds. The minimum absolute atomic E-state index is 0.00742. The van der Waals surface area contributed by atoms with Crippen molar-refractivity contribution >= 4 is 17.8 Å². The maximum absolute atomic E-state index is 11.9. The van der Waals surface area contributed by atoms with Crippen LogP contribution in [0.3, 0.4) is 0 Å². The average Bonchev–Trinajstić information content (AvgIpc) is 2.37. The lowest BCUT2D eigenvalue weighted by atomic mass is 10.0. The molecule has 1 heterocycles. The van der Waals surface area contributed by atoms with Gasteiger partial charge in [-0.1, -0.05) is 20.8 Å². The summed E-state index contributed by atoms with van der Waals surface area (Å²) < 4.78 is 0. The van der Waals surface area contributed by atoms with Crippen molar-refractivity contribution in [3.8, 4) is 0 Å². The Balaban J connectivity index is 2.30. The van der Waals surface area contributed by atoms with Gasteiger partial charge in [-0.15, -0.1) is 0 Å². The highest BCUT2D eigenvalue weighted by Crippen LogP contribution is 2.14. The van der Waals surface area contributed by atoms with E-state index < -0.39 is 5.97 Å². The van der Waals surface area contributed by atoms with E-state index in [1.165, 1.54) is 0 Å². The molecule has 0 saturated carbocycles. The summed E-state index contributed by atoms with van der Waals surface area (Å²) >= 11 is 0. The van der Waals surface area contributed by atoms with Crippen molar-refractivity contribution in [2.45, 2.75) is 52.5 Å². The Morgan fingerprint density at radius 1 is 1.14 bits per heavy atom. The van der Waals surface area contributed by atoms with Crippen molar-refractivity contribution in [2.24, 2.45) is 11.8 Å². The van der Waals surface area contributed by atoms with Crippen LogP contribution in [0.5, 0.6) is 0 Å². The number of carbonyl (C=O) groups excluding carboxylic acids is 2. The number of amides is 2. The summed E-state index contributed by atoms with van der Waals surface area (Å²) in [5, 5.41) is 11.6. The lowest BCUT2D eigenvalue weighted by molar-refractivity contribution is -0.138. The minimum Gasteiger partial charge on any atom is -0.481 e. The van der Waals surface area contributed by atoms with E-state index in [0.717, 1.165) is 12.8 Å². The second kappa shape index (κ2) is 8.00. The molecular weight excluding hydrogens is 272 g/mol. The summed E-state index contributed by atoms with van der Waals surface area (Å²) in [6.07, 6.45) is 1.77. The molecule has 0 spiro atoms. The predicted octanol–water partition coefficient (Wildman–Crippen LogP) is 1.25. The summed E-state index contributed by atoms with van der Waals surface area (Å²) in [7, 11) is 0. The molecule has 0 aromatic heterocycles. The number of nitrogens with zero attached hydrogens (tertiary/aromatic N) is 1. The normalized spacial score (nSPS) is 17.6. The van der Waals surface area contributed by atoms with E-state index in [1.807, 2.05) is 18.7 Å². The SMILES string of the molecule is CC(CC(=O)O)CC(=O)NC1CCN(C(=O)C(C)C)CC1. The van der Waals surface area contributed by atoms with Gasteiger partial charge in [-0.25, -0.2) is 0 Å². The van der Waals surface area contributed by atoms with Crippen LogP contribution >= 0.6 is 0 Å². The summed E-state index contributed by atoms with van der Waals surface area (Å²) in [5.74, 6) is -0.971. The quantitative estimate of drug-likeness (QED) is 0.772. The van der Waals surface area contributed by atoms with Gasteiger partial charge in [0.1, 0.15) is 0 Å². The number of carboxylic acids is 1. The van der Waals surface area contributed by atoms with Gasteiger partial charge < -0.3 is 15.3 Å². The Morgan fingerprint density at radius 2 is 1.71 bits per heavy atom. The van der Waals surface area contributed by atoms with Gasteiger partial charge in [-0.3, -0.25) is 14.4 Å². The van der Waals surface area contributed by atoms with Crippen molar-refractivity contribution in [1.29, 1.82) is 0 Å². The maximum atomic E-state index is 11.9. The lowest BCUT2D eigenvalue weighted by Crippen LogP contribution is -2.47. The fourth-order valence-electron chi connectivity index (χ4n) is 2.58. The molecule has 0 radical (unpaired) electrons. The first-order valence-corrected chi connectivity index (χ1v) is 7.59. The van der Waals surface area contributed by atoms with E-state index in [-0.39, 0.29) is 42.5 Å². The first-order chi connectivity index (χ1) is 9.79. The van der Waals surface area contributed by atoms with Gasteiger partial charge in [0.2, 0.25) is 11.8 Å². The van der Waals surface area contributed by atoms with Crippen molar-refractivity contribution in [1.82, 2.24) is 10.2 Å². The molecule has 120 valence electrons. The molecule has 21 heavy (non-hydrogen) atoms. The Kier molecular flexibility index (Phi) is 6.65. The molecule has 1 aliphatic rings. The van der Waals surface area contributed by atoms with Gasteiger partial charge >= 0.3 is 5.97 Å². The van der Waals surface area contributed by atoms with Gasteiger partial charge in [-0.2, -0.15) is 0 Å². The first kappa shape index (κ1) is 17.5. The number of aliphatic carboxylic acids is 1. The fraction of sp³-hybridized carbons (Fsp3) is 0.800. The number of nitrogens with one attached hydrogen (secondary N) is 1. The van der Waals surface area contributed by atoms with Gasteiger partial charge in [-0.05, 0) is 18.8 Å². The molecule has 2 N–H and O–H groups in total. The Morgan fingerprint density at radius 3 is 2.19 bits per heavy atom. The largest absolute Gasteiger partial charge is 0.481 e. The molecular formula is C15H26N2O4. The summed E-state index contributed by atoms with van der Waals surface area (Å²) in [5.41, 5.74) is 0. The predicted molar refractivity (Wildman–Crippen MR) is 78.6 cm³/mol. The van der Waals surface area contributed by atoms with Crippen molar-refractivity contribution in [2.75, 3.05) is 13.1 Å². The van der Waals surface area contributed by atoms with Gasteiger partial charge in [0, 0.05) is 37.9 Å². The monoisotopic (exact) mass is 298 g/mol. The van der Waals surface area contributed by atoms with Crippen LogP contribution in [0.1, 0.15) is 46.5 Å². The van der Waals surface area contributed by atoms with Crippen molar-refractivity contribution in [3.05, 3.63) is 0 Å². The third-order valence-electron chi connectivity index (χ3n) is 3.72. The minimum atomic E-state index is -0.879. The van der Waals surface area contributed by atoms with Crippen molar-refractivity contribution in [3.63, 3.8) is 0 Å². The van der Waals surface area contributed by atoms with E-state index in [4.69, 9.17) is 5.11 Å². The highest BCUT2D eigenvalue weighted by Gasteiger charge is 2.25. The molecule has 1 rings (SSSR count). The fourth-order valence-corrected chi connectivity index (χ4v) is 2.58. The smallest absolute Gasteiger partial charge is 0.303 e. The Bertz CT molecular complexity index is 387. The Hall–Kier alpha value is -1.59. The number of carboxylic acid groups (broad SMARTS) is 1. The highest BCUT2D eigenvalue weighted by atomic mass is 16.4. The van der Waals surface area contributed by atoms with Crippen LogP contribution < -0.4 is 5.32 Å². The van der Waals surface area contributed by atoms with E-state index in [0.29, 0.717) is 13.1 Å². The zero-order valence-electron chi connectivity index (χ0n) is 13.1. The number of carbonyl (C=O) groups is 3. The molecule has 6 nitrogen and oxygen atoms in total. The molecule has 1 aliphatic heterocycles. The van der Waals surface area contributed by atoms with Crippen LogP contribution in [0.2, 0.25) is 0 Å². The maximum Gasteiger partial charge on any atom is 0.303 e.